The molecule has 0 aromatic heterocycles. The van der Waals surface area contributed by atoms with Crippen molar-refractivity contribution in [2.75, 3.05) is 34.4 Å². The van der Waals surface area contributed by atoms with Gasteiger partial charge in [0.25, 0.3) is 0 Å². The fraction of sp³-hybridized carbons (Fsp3) is 1.00. The van der Waals surface area contributed by atoms with Crippen molar-refractivity contribution in [3.8, 4) is 0 Å². The summed E-state index contributed by atoms with van der Waals surface area (Å²) in [5.41, 5.74) is 0.323. The smallest absolute Gasteiger partial charge is 0.377 e. The molecule has 0 aromatic carbocycles. The van der Waals surface area contributed by atoms with E-state index in [-0.39, 0.29) is 0 Å². The Morgan fingerprint density at radius 3 is 1.21 bits per heavy atom. The molecule has 0 aliphatic rings. The van der Waals surface area contributed by atoms with Gasteiger partial charge in [-0.2, -0.15) is 0 Å². The molecule has 5 heteroatoms. The highest BCUT2D eigenvalue weighted by molar-refractivity contribution is 6.62. The molecule has 0 bridgehead atoms. The van der Waals surface area contributed by atoms with Gasteiger partial charge in [0, 0.05) is 32.9 Å². The number of rotatable bonds is 25. The minimum absolute atomic E-state index is 0.323. The van der Waals surface area contributed by atoms with Gasteiger partial charge < -0.3 is 18.2 Å². The van der Waals surface area contributed by atoms with Crippen LogP contribution < -0.4 is 0 Å². The molecule has 0 saturated heterocycles. The average molecular weight is 488 g/mol. The maximum absolute atomic E-state index is 5.91. The minimum atomic E-state index is -2.66. The van der Waals surface area contributed by atoms with E-state index in [0.717, 1.165) is 19.5 Å². The van der Waals surface area contributed by atoms with Gasteiger partial charge in [-0.25, -0.2) is 0 Å². The molecule has 0 N–H and O–H groups in total. The van der Waals surface area contributed by atoms with E-state index in [0.29, 0.717) is 11.6 Å². The molecule has 0 aliphatic carbocycles. The van der Waals surface area contributed by atoms with Gasteiger partial charge >= 0.3 is 8.80 Å². The summed E-state index contributed by atoms with van der Waals surface area (Å²) < 4.78 is 17.7. The third-order valence-electron chi connectivity index (χ3n) is 7.60. The first-order chi connectivity index (χ1) is 16.1. The number of nitrogens with zero attached hydrogens (tertiary/aromatic N) is 1. The predicted molar refractivity (Wildman–Crippen MR) is 147 cm³/mol. The summed E-state index contributed by atoms with van der Waals surface area (Å²) >= 11 is 0. The summed E-state index contributed by atoms with van der Waals surface area (Å²) in [5, 5.41) is 0. The summed E-state index contributed by atoms with van der Waals surface area (Å²) in [6.45, 7) is 11.2. The Morgan fingerprint density at radius 2 is 0.909 bits per heavy atom. The summed E-state index contributed by atoms with van der Waals surface area (Å²) in [5.74, 6) is 0. The lowest BCUT2D eigenvalue weighted by molar-refractivity contribution is 0.0817. The maximum Gasteiger partial charge on any atom is 0.505 e. The molecule has 0 heterocycles. The van der Waals surface area contributed by atoms with E-state index in [9.17, 15) is 0 Å². The molecule has 33 heavy (non-hydrogen) atoms. The Balaban J connectivity index is 4.17. The summed E-state index contributed by atoms with van der Waals surface area (Å²) in [4.78, 5) is 2.59. The lowest BCUT2D eigenvalue weighted by Crippen LogP contribution is -2.55. The van der Waals surface area contributed by atoms with Gasteiger partial charge in [0.15, 0.2) is 0 Å². The molecule has 2 atom stereocenters. The Kier molecular flexibility index (Phi) is 22.6. The first-order valence-electron chi connectivity index (χ1n) is 14.5. The Bertz CT molecular complexity index is 394. The SMILES string of the molecule is CCCCCCCCCCCCCCCCCC(C(CC)[Si](OC)(OC)OC)N(CC)CC. The second kappa shape index (κ2) is 22.5. The van der Waals surface area contributed by atoms with E-state index in [1.807, 2.05) is 0 Å². The topological polar surface area (TPSA) is 30.9 Å². The Hall–Kier alpha value is 0.0569. The Morgan fingerprint density at radius 1 is 0.545 bits per heavy atom. The second-order valence-electron chi connectivity index (χ2n) is 9.76. The van der Waals surface area contributed by atoms with Crippen molar-refractivity contribution in [2.24, 2.45) is 0 Å². The quantitative estimate of drug-likeness (QED) is 0.0952. The molecule has 200 valence electrons. The van der Waals surface area contributed by atoms with E-state index >= 15 is 0 Å². The van der Waals surface area contributed by atoms with Crippen molar-refractivity contribution in [1.82, 2.24) is 4.90 Å². The van der Waals surface area contributed by atoms with E-state index in [4.69, 9.17) is 13.3 Å². The van der Waals surface area contributed by atoms with Gasteiger partial charge in [-0.05, 0) is 25.9 Å². The predicted octanol–water partition coefficient (Wildman–Crippen LogP) is 8.62. The first kappa shape index (κ1) is 33.1. The van der Waals surface area contributed by atoms with Crippen molar-refractivity contribution < 1.29 is 13.3 Å². The average Bonchev–Trinajstić information content (AvgIpc) is 2.85. The summed E-state index contributed by atoms with van der Waals surface area (Å²) in [7, 11) is 2.62. The van der Waals surface area contributed by atoms with Crippen molar-refractivity contribution in [3.63, 3.8) is 0 Å². The van der Waals surface area contributed by atoms with Gasteiger partial charge in [0.05, 0.1) is 0 Å². The maximum atomic E-state index is 5.91. The fourth-order valence-electron chi connectivity index (χ4n) is 5.52. The van der Waals surface area contributed by atoms with Crippen molar-refractivity contribution in [1.29, 1.82) is 0 Å². The van der Waals surface area contributed by atoms with Gasteiger partial charge in [-0.3, -0.25) is 0 Å². The van der Waals surface area contributed by atoms with Crippen LogP contribution in [0, 0.1) is 0 Å². The number of hydrogen-bond acceptors (Lipinski definition) is 4. The molecule has 0 fully saturated rings. The first-order valence-corrected chi connectivity index (χ1v) is 16.3. The van der Waals surface area contributed by atoms with Gasteiger partial charge in [-0.15, -0.1) is 0 Å². The molecule has 0 rings (SSSR count). The van der Waals surface area contributed by atoms with Crippen LogP contribution in [0.3, 0.4) is 0 Å². The molecule has 0 aromatic rings. The highest BCUT2D eigenvalue weighted by Gasteiger charge is 2.50. The fourth-order valence-corrected chi connectivity index (χ4v) is 8.27. The molecular formula is C28H61NO3Si. The third kappa shape index (κ3) is 13.7. The molecule has 0 radical (unpaired) electrons. The van der Waals surface area contributed by atoms with Crippen LogP contribution in [0.5, 0.6) is 0 Å². The third-order valence-corrected chi connectivity index (χ3v) is 11.0. The zero-order valence-corrected chi connectivity index (χ0v) is 24.8. The van der Waals surface area contributed by atoms with Crippen molar-refractivity contribution >= 4 is 8.80 Å². The highest BCUT2D eigenvalue weighted by Crippen LogP contribution is 2.36. The van der Waals surface area contributed by atoms with E-state index in [1.165, 1.54) is 103 Å². The van der Waals surface area contributed by atoms with Crippen LogP contribution in [-0.2, 0) is 13.3 Å². The van der Waals surface area contributed by atoms with Gasteiger partial charge in [0.1, 0.15) is 0 Å². The van der Waals surface area contributed by atoms with Gasteiger partial charge in [0.2, 0.25) is 0 Å². The van der Waals surface area contributed by atoms with Crippen LogP contribution in [0.15, 0.2) is 0 Å². The summed E-state index contributed by atoms with van der Waals surface area (Å²) in [6, 6.07) is 0.471. The Labute approximate surface area is 209 Å². The molecule has 2 unspecified atom stereocenters. The molecule has 0 spiro atoms. The highest BCUT2D eigenvalue weighted by atomic mass is 28.4. The van der Waals surface area contributed by atoms with Crippen molar-refractivity contribution in [2.45, 2.75) is 148 Å². The monoisotopic (exact) mass is 487 g/mol. The van der Waals surface area contributed by atoms with Crippen LogP contribution in [0.2, 0.25) is 5.54 Å². The van der Waals surface area contributed by atoms with Crippen LogP contribution in [0.1, 0.15) is 137 Å². The normalized spacial score (nSPS) is 14.2. The number of hydrogen-bond donors (Lipinski definition) is 0. The van der Waals surface area contributed by atoms with Crippen LogP contribution in [0.25, 0.3) is 0 Å². The summed E-state index contributed by atoms with van der Waals surface area (Å²) in [6.07, 6.45) is 23.4. The van der Waals surface area contributed by atoms with E-state index in [2.05, 4.69) is 32.6 Å². The van der Waals surface area contributed by atoms with E-state index < -0.39 is 8.80 Å². The zero-order valence-electron chi connectivity index (χ0n) is 23.8. The molecule has 0 aliphatic heterocycles. The molecule has 0 amide bonds. The molecule has 4 nitrogen and oxygen atoms in total. The van der Waals surface area contributed by atoms with Crippen molar-refractivity contribution in [3.05, 3.63) is 0 Å². The largest absolute Gasteiger partial charge is 0.505 e. The zero-order chi connectivity index (χ0) is 24.8. The molecular weight excluding hydrogens is 426 g/mol. The second-order valence-corrected chi connectivity index (χ2v) is 12.9. The van der Waals surface area contributed by atoms with E-state index in [1.54, 1.807) is 21.3 Å². The van der Waals surface area contributed by atoms with Gasteiger partial charge in [-0.1, -0.05) is 124 Å². The lowest BCUT2D eigenvalue weighted by Gasteiger charge is -2.41. The molecule has 0 saturated carbocycles. The minimum Gasteiger partial charge on any atom is -0.377 e. The van der Waals surface area contributed by atoms with Crippen LogP contribution in [-0.4, -0.2) is 54.2 Å². The van der Waals surface area contributed by atoms with Crippen LogP contribution >= 0.6 is 0 Å². The van der Waals surface area contributed by atoms with Crippen LogP contribution in [0.4, 0.5) is 0 Å². The number of unbranched alkanes of at least 4 members (excludes halogenated alkanes) is 14. The standard InChI is InChI=1S/C28H61NO3Si/c1-8-12-13-14-15-16-17-18-19-20-21-22-23-24-25-26-27(29(10-3)11-4)28(9-2)33(30-5,31-6)32-7/h27-28H,8-26H2,1-7H3. The lowest BCUT2D eigenvalue weighted by atomic mass is 10.00.